The lowest BCUT2D eigenvalue weighted by molar-refractivity contribution is -0.124. The van der Waals surface area contributed by atoms with Gasteiger partial charge in [-0.25, -0.2) is 0 Å². The fourth-order valence-electron chi connectivity index (χ4n) is 3.01. The van der Waals surface area contributed by atoms with E-state index in [1.807, 2.05) is 32.0 Å². The predicted octanol–water partition coefficient (Wildman–Crippen LogP) is 5.20. The van der Waals surface area contributed by atoms with Crippen molar-refractivity contribution in [2.75, 3.05) is 19.0 Å². The Labute approximate surface area is 195 Å². The van der Waals surface area contributed by atoms with Crippen LogP contribution in [0.5, 0.6) is 11.5 Å². The van der Waals surface area contributed by atoms with Gasteiger partial charge in [-0.2, -0.15) is 0 Å². The Morgan fingerprint density at radius 1 is 1.25 bits per heavy atom. The predicted molar refractivity (Wildman–Crippen MR) is 126 cm³/mol. The molecule has 1 aliphatic rings. The lowest BCUT2D eigenvalue weighted by Crippen LogP contribution is -2.36. The van der Waals surface area contributed by atoms with E-state index < -0.39 is 0 Å². The van der Waals surface area contributed by atoms with E-state index in [0.29, 0.717) is 28.3 Å². The standard InChI is InChI=1S/C23H23ClN2O5S/c1-4-14(2)26-22(28)19(32-23(26)29)12-15-10-17(24)21(18(11-15)30-3)31-13-20(27)25-16-8-6-5-7-9-16/h5-12,14H,4,13H2,1-3H3,(H,25,27)/b19-12+/t14-/m1/s1. The smallest absolute Gasteiger partial charge is 0.293 e. The number of halogens is 1. The Bertz CT molecular complexity index is 1060. The van der Waals surface area contributed by atoms with Crippen molar-refractivity contribution in [1.29, 1.82) is 0 Å². The fourth-order valence-corrected chi connectivity index (χ4v) is 4.22. The molecule has 3 amide bonds. The summed E-state index contributed by atoms with van der Waals surface area (Å²) in [4.78, 5) is 38.6. The number of benzene rings is 2. The zero-order valence-corrected chi connectivity index (χ0v) is 19.5. The molecule has 9 heteroatoms. The van der Waals surface area contributed by atoms with Gasteiger partial charge in [0.2, 0.25) is 0 Å². The van der Waals surface area contributed by atoms with Crippen LogP contribution in [0.1, 0.15) is 25.8 Å². The number of carbonyl (C=O) groups excluding carboxylic acids is 3. The minimum Gasteiger partial charge on any atom is -0.493 e. The van der Waals surface area contributed by atoms with Gasteiger partial charge in [-0.3, -0.25) is 19.3 Å². The molecule has 32 heavy (non-hydrogen) atoms. The molecule has 1 atom stereocenters. The highest BCUT2D eigenvalue weighted by molar-refractivity contribution is 8.18. The van der Waals surface area contributed by atoms with Crippen LogP contribution in [-0.2, 0) is 9.59 Å². The summed E-state index contributed by atoms with van der Waals surface area (Å²) in [5, 5.41) is 2.64. The van der Waals surface area contributed by atoms with Crippen molar-refractivity contribution in [3.63, 3.8) is 0 Å². The third-order valence-corrected chi connectivity index (χ3v) is 5.97. The topological polar surface area (TPSA) is 84.9 Å². The molecule has 0 aliphatic carbocycles. The molecule has 1 saturated heterocycles. The molecule has 0 radical (unpaired) electrons. The quantitative estimate of drug-likeness (QED) is 0.529. The first kappa shape index (κ1) is 23.7. The molecule has 0 bridgehead atoms. The Kier molecular flexibility index (Phi) is 7.82. The second-order valence-electron chi connectivity index (χ2n) is 7.05. The van der Waals surface area contributed by atoms with E-state index in [1.54, 1.807) is 30.3 Å². The van der Waals surface area contributed by atoms with E-state index in [1.165, 1.54) is 12.0 Å². The molecule has 1 aliphatic heterocycles. The number of nitrogens with one attached hydrogen (secondary N) is 1. The van der Waals surface area contributed by atoms with Crippen LogP contribution in [0.4, 0.5) is 10.5 Å². The Morgan fingerprint density at radius 2 is 1.97 bits per heavy atom. The zero-order chi connectivity index (χ0) is 23.3. The van der Waals surface area contributed by atoms with E-state index in [2.05, 4.69) is 5.32 Å². The van der Waals surface area contributed by atoms with Crippen LogP contribution in [0.15, 0.2) is 47.4 Å². The van der Waals surface area contributed by atoms with Gasteiger partial charge in [0.1, 0.15) is 0 Å². The van der Waals surface area contributed by atoms with Crippen LogP contribution >= 0.6 is 23.4 Å². The maximum atomic E-state index is 12.6. The molecule has 2 aromatic carbocycles. The average Bonchev–Trinajstić information content (AvgIpc) is 3.05. The Morgan fingerprint density at radius 3 is 2.62 bits per heavy atom. The number of methoxy groups -OCH3 is 1. The van der Waals surface area contributed by atoms with Crippen LogP contribution in [0.3, 0.4) is 0 Å². The lowest BCUT2D eigenvalue weighted by Gasteiger charge is -2.19. The molecule has 2 aromatic rings. The molecular weight excluding hydrogens is 452 g/mol. The van der Waals surface area contributed by atoms with E-state index in [-0.39, 0.29) is 40.5 Å². The van der Waals surface area contributed by atoms with Crippen molar-refractivity contribution in [3.8, 4) is 11.5 Å². The molecule has 1 heterocycles. The van der Waals surface area contributed by atoms with Crippen molar-refractivity contribution in [2.45, 2.75) is 26.3 Å². The number of carbonyl (C=O) groups is 3. The van der Waals surface area contributed by atoms with Gasteiger partial charge < -0.3 is 14.8 Å². The highest BCUT2D eigenvalue weighted by atomic mass is 35.5. The van der Waals surface area contributed by atoms with E-state index in [9.17, 15) is 14.4 Å². The van der Waals surface area contributed by atoms with E-state index in [4.69, 9.17) is 21.1 Å². The second kappa shape index (κ2) is 10.6. The molecule has 0 spiro atoms. The van der Waals surface area contributed by atoms with Crippen LogP contribution in [0.25, 0.3) is 6.08 Å². The van der Waals surface area contributed by atoms with Crippen LogP contribution < -0.4 is 14.8 Å². The summed E-state index contributed by atoms with van der Waals surface area (Å²) in [5.41, 5.74) is 1.23. The molecule has 0 unspecified atom stereocenters. The summed E-state index contributed by atoms with van der Waals surface area (Å²) < 4.78 is 11.0. The fraction of sp³-hybridized carbons (Fsp3) is 0.261. The maximum absolute atomic E-state index is 12.6. The van der Waals surface area contributed by atoms with Crippen molar-refractivity contribution in [2.24, 2.45) is 0 Å². The van der Waals surface area contributed by atoms with Crippen molar-refractivity contribution < 1.29 is 23.9 Å². The number of hydrogen-bond acceptors (Lipinski definition) is 6. The van der Waals surface area contributed by atoms with E-state index in [0.717, 1.165) is 11.8 Å². The number of hydrogen-bond donors (Lipinski definition) is 1. The summed E-state index contributed by atoms with van der Waals surface area (Å²) in [6, 6.07) is 12.1. The largest absolute Gasteiger partial charge is 0.493 e. The highest BCUT2D eigenvalue weighted by Gasteiger charge is 2.37. The van der Waals surface area contributed by atoms with Gasteiger partial charge in [0, 0.05) is 11.7 Å². The van der Waals surface area contributed by atoms with Gasteiger partial charge in [0.05, 0.1) is 17.0 Å². The molecular formula is C23H23ClN2O5S. The average molecular weight is 475 g/mol. The molecule has 168 valence electrons. The number of imide groups is 1. The molecule has 1 fully saturated rings. The summed E-state index contributed by atoms with van der Waals surface area (Å²) in [7, 11) is 1.45. The summed E-state index contributed by atoms with van der Waals surface area (Å²) in [6.07, 6.45) is 2.27. The number of thioether (sulfide) groups is 1. The zero-order valence-electron chi connectivity index (χ0n) is 17.9. The minimum absolute atomic E-state index is 0.177. The Hall–Kier alpha value is -2.97. The van der Waals surface area contributed by atoms with Crippen LogP contribution in [0.2, 0.25) is 5.02 Å². The monoisotopic (exact) mass is 474 g/mol. The van der Waals surface area contributed by atoms with Gasteiger partial charge >= 0.3 is 0 Å². The summed E-state index contributed by atoms with van der Waals surface area (Å²) >= 11 is 7.26. The minimum atomic E-state index is -0.350. The van der Waals surface area contributed by atoms with Gasteiger partial charge in [0.25, 0.3) is 17.1 Å². The van der Waals surface area contributed by atoms with Gasteiger partial charge in [-0.1, -0.05) is 36.7 Å². The number of amides is 3. The lowest BCUT2D eigenvalue weighted by atomic mass is 10.1. The first-order valence-electron chi connectivity index (χ1n) is 9.96. The van der Waals surface area contributed by atoms with Crippen LogP contribution in [-0.4, -0.2) is 41.7 Å². The van der Waals surface area contributed by atoms with Gasteiger partial charge in [0.15, 0.2) is 18.1 Å². The first-order chi connectivity index (χ1) is 15.3. The number of rotatable bonds is 8. The third kappa shape index (κ3) is 5.44. The molecule has 0 saturated carbocycles. The second-order valence-corrected chi connectivity index (χ2v) is 8.45. The SMILES string of the molecule is CC[C@@H](C)N1C(=O)S/C(=C/c2cc(Cl)c(OCC(=O)Nc3ccccc3)c(OC)c2)C1=O. The van der Waals surface area contributed by atoms with Crippen molar-refractivity contribution >= 4 is 52.2 Å². The third-order valence-electron chi connectivity index (χ3n) is 4.81. The molecule has 1 N–H and O–H groups in total. The molecule has 3 rings (SSSR count). The van der Waals surface area contributed by atoms with Crippen LogP contribution in [0, 0.1) is 0 Å². The summed E-state index contributed by atoms with van der Waals surface area (Å²) in [5.74, 6) is -0.167. The van der Waals surface area contributed by atoms with Crippen molar-refractivity contribution in [3.05, 3.63) is 58.0 Å². The molecule has 0 aromatic heterocycles. The van der Waals surface area contributed by atoms with Crippen molar-refractivity contribution in [1.82, 2.24) is 4.90 Å². The van der Waals surface area contributed by atoms with Gasteiger partial charge in [-0.05, 0) is 61.0 Å². The first-order valence-corrected chi connectivity index (χ1v) is 11.2. The molecule has 7 nitrogen and oxygen atoms in total. The normalized spacial score (nSPS) is 15.8. The summed E-state index contributed by atoms with van der Waals surface area (Å²) in [6.45, 7) is 3.48. The van der Waals surface area contributed by atoms with Gasteiger partial charge in [-0.15, -0.1) is 0 Å². The highest BCUT2D eigenvalue weighted by Crippen LogP contribution is 2.39. The van der Waals surface area contributed by atoms with E-state index >= 15 is 0 Å². The number of ether oxygens (including phenoxy) is 2. The Balaban J connectivity index is 1.75. The number of nitrogens with zero attached hydrogens (tertiary/aromatic N) is 1. The number of anilines is 1. The maximum Gasteiger partial charge on any atom is 0.293 e. The number of para-hydroxylation sites is 1.